The van der Waals surface area contributed by atoms with Crippen LogP contribution >= 0.6 is 0 Å². The molecule has 0 unspecified atom stereocenters. The highest BCUT2D eigenvalue weighted by Crippen LogP contribution is 2.18. The number of para-hydroxylation sites is 1. The first-order chi connectivity index (χ1) is 14.6. The molecule has 1 heterocycles. The summed E-state index contributed by atoms with van der Waals surface area (Å²) in [6.07, 6.45) is 0.769. The normalized spacial score (nSPS) is 10.6. The number of hydrogen-bond acceptors (Lipinski definition) is 3. The summed E-state index contributed by atoms with van der Waals surface area (Å²) in [6.45, 7) is 2.01. The summed E-state index contributed by atoms with van der Waals surface area (Å²) in [5, 5.41) is 6.71. The Balaban J connectivity index is 1.50. The summed E-state index contributed by atoms with van der Waals surface area (Å²) in [6, 6.07) is 25.8. The number of carbonyl (C=O) groups is 2. The number of nitrogens with zero attached hydrogens (tertiary/aromatic N) is 1. The highest BCUT2D eigenvalue weighted by molar-refractivity contribution is 6.07. The molecule has 2 amide bonds. The van der Waals surface area contributed by atoms with Crippen LogP contribution in [-0.4, -0.2) is 16.8 Å². The van der Waals surface area contributed by atoms with Gasteiger partial charge in [0.2, 0.25) is 0 Å². The lowest BCUT2D eigenvalue weighted by Crippen LogP contribution is -2.16. The van der Waals surface area contributed by atoms with Crippen LogP contribution in [0.25, 0.3) is 10.9 Å². The van der Waals surface area contributed by atoms with Gasteiger partial charge < -0.3 is 10.6 Å². The predicted molar refractivity (Wildman–Crippen MR) is 120 cm³/mol. The van der Waals surface area contributed by atoms with Gasteiger partial charge in [-0.05, 0) is 54.4 Å². The zero-order chi connectivity index (χ0) is 20.9. The minimum Gasteiger partial charge on any atom is -0.322 e. The third kappa shape index (κ3) is 4.20. The highest BCUT2D eigenvalue weighted by Gasteiger charge is 2.12. The summed E-state index contributed by atoms with van der Waals surface area (Å²) in [7, 11) is 0. The van der Waals surface area contributed by atoms with Gasteiger partial charge in [0, 0.05) is 22.2 Å². The monoisotopic (exact) mass is 395 g/mol. The van der Waals surface area contributed by atoms with E-state index >= 15 is 0 Å². The number of fused-ring (bicyclic) bond motifs is 1. The molecular formula is C25H21N3O2. The van der Waals surface area contributed by atoms with Crippen LogP contribution in [0, 0.1) is 0 Å². The standard InChI is InChI=1S/C25H21N3O2/c1-2-17-8-3-5-12-21(17)25(30)26-20-11-7-10-19(16-20)24(29)28-23-15-14-18-9-4-6-13-22(18)27-23/h3-16H,2H2,1H3,(H,26,30)(H,27,28,29). The molecule has 3 aromatic carbocycles. The van der Waals surface area contributed by atoms with Crippen LogP contribution in [0.2, 0.25) is 0 Å². The SMILES string of the molecule is CCc1ccccc1C(=O)Nc1cccc(C(=O)Nc2ccc3ccccc3n2)c1. The third-order valence-corrected chi connectivity index (χ3v) is 4.87. The van der Waals surface area contributed by atoms with E-state index < -0.39 is 0 Å². The van der Waals surface area contributed by atoms with Gasteiger partial charge in [0.15, 0.2) is 0 Å². The molecule has 0 bridgehead atoms. The van der Waals surface area contributed by atoms with Crippen molar-refractivity contribution in [3.63, 3.8) is 0 Å². The maximum Gasteiger partial charge on any atom is 0.256 e. The van der Waals surface area contributed by atoms with Crippen molar-refractivity contribution >= 4 is 34.2 Å². The van der Waals surface area contributed by atoms with Gasteiger partial charge in [-0.2, -0.15) is 0 Å². The lowest BCUT2D eigenvalue weighted by molar-refractivity contribution is 0.101. The van der Waals surface area contributed by atoms with E-state index in [4.69, 9.17) is 0 Å². The molecule has 4 rings (SSSR count). The second kappa shape index (κ2) is 8.57. The predicted octanol–water partition coefficient (Wildman–Crippen LogP) is 5.30. The Kier molecular flexibility index (Phi) is 5.52. The summed E-state index contributed by atoms with van der Waals surface area (Å²) >= 11 is 0. The molecule has 1 aromatic heterocycles. The van der Waals surface area contributed by atoms with Crippen LogP contribution in [-0.2, 0) is 6.42 Å². The molecule has 30 heavy (non-hydrogen) atoms. The lowest BCUT2D eigenvalue weighted by atomic mass is 10.0. The number of aryl methyl sites for hydroxylation is 1. The number of benzene rings is 3. The minimum atomic E-state index is -0.289. The van der Waals surface area contributed by atoms with Crippen LogP contribution in [0.1, 0.15) is 33.2 Å². The van der Waals surface area contributed by atoms with E-state index in [0.717, 1.165) is 22.9 Å². The fourth-order valence-corrected chi connectivity index (χ4v) is 3.31. The van der Waals surface area contributed by atoms with Gasteiger partial charge in [-0.1, -0.05) is 49.4 Å². The van der Waals surface area contributed by atoms with Crippen molar-refractivity contribution < 1.29 is 9.59 Å². The fourth-order valence-electron chi connectivity index (χ4n) is 3.31. The first kappa shape index (κ1) is 19.3. The number of nitrogens with one attached hydrogen (secondary N) is 2. The Morgan fingerprint density at radius 2 is 1.60 bits per heavy atom. The average molecular weight is 395 g/mol. The number of carbonyl (C=O) groups excluding carboxylic acids is 2. The number of amides is 2. The van der Waals surface area contributed by atoms with Gasteiger partial charge in [-0.15, -0.1) is 0 Å². The van der Waals surface area contributed by atoms with E-state index in [0.29, 0.717) is 22.6 Å². The van der Waals surface area contributed by atoms with Gasteiger partial charge in [-0.3, -0.25) is 9.59 Å². The minimum absolute atomic E-state index is 0.193. The zero-order valence-corrected chi connectivity index (χ0v) is 16.6. The van der Waals surface area contributed by atoms with Crippen molar-refractivity contribution in [1.82, 2.24) is 4.98 Å². The first-order valence-corrected chi connectivity index (χ1v) is 9.80. The molecule has 148 valence electrons. The largest absolute Gasteiger partial charge is 0.322 e. The topological polar surface area (TPSA) is 71.1 Å². The smallest absolute Gasteiger partial charge is 0.256 e. The van der Waals surface area contributed by atoms with E-state index in [1.165, 1.54) is 0 Å². The Morgan fingerprint density at radius 1 is 0.800 bits per heavy atom. The van der Waals surface area contributed by atoms with Crippen molar-refractivity contribution in [3.8, 4) is 0 Å². The molecule has 4 aromatic rings. The Labute approximate surface area is 174 Å². The molecule has 0 saturated heterocycles. The van der Waals surface area contributed by atoms with Crippen LogP contribution in [0.3, 0.4) is 0 Å². The summed E-state index contributed by atoms with van der Waals surface area (Å²) < 4.78 is 0. The molecule has 0 aliphatic rings. The number of aromatic nitrogens is 1. The van der Waals surface area contributed by atoms with Crippen molar-refractivity contribution in [2.45, 2.75) is 13.3 Å². The van der Waals surface area contributed by atoms with E-state index in [1.807, 2.05) is 55.5 Å². The van der Waals surface area contributed by atoms with E-state index in [9.17, 15) is 9.59 Å². The third-order valence-electron chi connectivity index (χ3n) is 4.87. The van der Waals surface area contributed by atoms with Gasteiger partial charge in [0.05, 0.1) is 5.52 Å². The van der Waals surface area contributed by atoms with Crippen LogP contribution in [0.5, 0.6) is 0 Å². The first-order valence-electron chi connectivity index (χ1n) is 9.80. The van der Waals surface area contributed by atoms with E-state index in [1.54, 1.807) is 36.4 Å². The van der Waals surface area contributed by atoms with Crippen molar-refractivity contribution in [2.24, 2.45) is 0 Å². The maximum atomic E-state index is 12.7. The molecule has 2 N–H and O–H groups in total. The molecule has 0 aliphatic carbocycles. The van der Waals surface area contributed by atoms with Gasteiger partial charge in [0.25, 0.3) is 11.8 Å². The molecule has 0 aliphatic heterocycles. The van der Waals surface area contributed by atoms with Crippen LogP contribution in [0.15, 0.2) is 84.9 Å². The molecule has 5 nitrogen and oxygen atoms in total. The summed E-state index contributed by atoms with van der Waals surface area (Å²) in [4.78, 5) is 29.8. The Hall–Kier alpha value is -3.99. The molecular weight excluding hydrogens is 374 g/mol. The quantitative estimate of drug-likeness (QED) is 0.482. The van der Waals surface area contributed by atoms with Gasteiger partial charge in [-0.25, -0.2) is 4.98 Å². The summed E-state index contributed by atoms with van der Waals surface area (Å²) in [5.41, 5.74) is 3.42. The zero-order valence-electron chi connectivity index (χ0n) is 16.6. The maximum absolute atomic E-state index is 12.7. The van der Waals surface area contributed by atoms with Crippen molar-refractivity contribution in [1.29, 1.82) is 0 Å². The molecule has 5 heteroatoms. The molecule has 0 atom stereocenters. The van der Waals surface area contributed by atoms with E-state index in [2.05, 4.69) is 15.6 Å². The van der Waals surface area contributed by atoms with Crippen molar-refractivity contribution in [3.05, 3.63) is 102 Å². The fraction of sp³-hybridized carbons (Fsp3) is 0.0800. The molecule has 0 radical (unpaired) electrons. The lowest BCUT2D eigenvalue weighted by Gasteiger charge is -2.10. The number of rotatable bonds is 5. The average Bonchev–Trinajstić information content (AvgIpc) is 2.79. The number of pyridine rings is 1. The number of hydrogen-bond donors (Lipinski definition) is 2. The molecule has 0 fully saturated rings. The van der Waals surface area contributed by atoms with E-state index in [-0.39, 0.29) is 11.8 Å². The highest BCUT2D eigenvalue weighted by atomic mass is 16.2. The second-order valence-electron chi connectivity index (χ2n) is 6.89. The molecule has 0 spiro atoms. The second-order valence-corrected chi connectivity index (χ2v) is 6.89. The van der Waals surface area contributed by atoms with Gasteiger partial charge >= 0.3 is 0 Å². The Morgan fingerprint density at radius 3 is 2.47 bits per heavy atom. The summed E-state index contributed by atoms with van der Waals surface area (Å²) in [5.74, 6) is -0.00551. The Bertz CT molecular complexity index is 1230. The molecule has 0 saturated carbocycles. The van der Waals surface area contributed by atoms with Crippen LogP contribution in [0.4, 0.5) is 11.5 Å². The number of anilines is 2. The van der Waals surface area contributed by atoms with Crippen molar-refractivity contribution in [2.75, 3.05) is 10.6 Å². The van der Waals surface area contributed by atoms with Crippen LogP contribution < -0.4 is 10.6 Å². The van der Waals surface area contributed by atoms with Gasteiger partial charge in [0.1, 0.15) is 5.82 Å².